The number of nitro benzene ring substituents is 1. The summed E-state index contributed by atoms with van der Waals surface area (Å²) in [5, 5.41) is 11.6. The van der Waals surface area contributed by atoms with E-state index in [0.717, 1.165) is 11.6 Å². The zero-order valence-electron chi connectivity index (χ0n) is 20.9. The minimum absolute atomic E-state index is 0.0918. The van der Waals surface area contributed by atoms with Crippen molar-refractivity contribution >= 4 is 33.4 Å². The molecule has 0 bridgehead atoms. The van der Waals surface area contributed by atoms with Crippen LogP contribution in [0.25, 0.3) is 0 Å². The Bertz CT molecular complexity index is 1670. The second kappa shape index (κ2) is 9.20. The number of methoxy groups -OCH3 is 2. The lowest BCUT2D eigenvalue weighted by Gasteiger charge is -2.48. The molecule has 1 fully saturated rings. The Morgan fingerprint density at radius 2 is 1.54 bits per heavy atom. The highest BCUT2D eigenvalue weighted by Crippen LogP contribution is 2.49. The third kappa shape index (κ3) is 3.73. The molecular formula is C26H21N3O9S. The molecule has 0 spiro atoms. The van der Waals surface area contributed by atoms with E-state index in [0.29, 0.717) is 9.21 Å². The van der Waals surface area contributed by atoms with Gasteiger partial charge in [0.05, 0.1) is 29.6 Å². The predicted molar refractivity (Wildman–Crippen MR) is 135 cm³/mol. The fraction of sp³-hybridized carbons (Fsp3) is 0.192. The normalized spacial score (nSPS) is 18.6. The molecule has 3 amide bonds. The topological polar surface area (TPSA) is 153 Å². The number of hydrogen-bond acceptors (Lipinski definition) is 9. The summed E-state index contributed by atoms with van der Waals surface area (Å²) in [5.74, 6) is -2.76. The van der Waals surface area contributed by atoms with Crippen LogP contribution in [0.1, 0.15) is 37.9 Å². The van der Waals surface area contributed by atoms with Crippen LogP contribution in [0.15, 0.2) is 65.6 Å². The quantitative estimate of drug-likeness (QED) is 0.187. The number of carbonyl (C=O) groups is 3. The van der Waals surface area contributed by atoms with Gasteiger partial charge in [-0.2, -0.15) is 0 Å². The van der Waals surface area contributed by atoms with E-state index in [9.17, 15) is 32.9 Å². The Labute approximate surface area is 222 Å². The van der Waals surface area contributed by atoms with Crippen LogP contribution < -0.4 is 9.47 Å². The Morgan fingerprint density at radius 3 is 2.15 bits per heavy atom. The van der Waals surface area contributed by atoms with Crippen molar-refractivity contribution in [2.24, 2.45) is 0 Å². The Balaban J connectivity index is 1.68. The maximum absolute atomic E-state index is 13.7. The molecule has 3 aromatic carbocycles. The van der Waals surface area contributed by atoms with E-state index in [2.05, 4.69) is 0 Å². The van der Waals surface area contributed by atoms with Gasteiger partial charge in [0.2, 0.25) is 0 Å². The van der Waals surface area contributed by atoms with Crippen molar-refractivity contribution in [3.63, 3.8) is 0 Å². The number of hydrogen-bond donors (Lipinski definition) is 0. The molecule has 2 aliphatic heterocycles. The highest BCUT2D eigenvalue weighted by Gasteiger charge is 2.62. The van der Waals surface area contributed by atoms with Crippen LogP contribution in [0.4, 0.5) is 5.69 Å². The smallest absolute Gasteiger partial charge is 0.282 e. The van der Waals surface area contributed by atoms with E-state index in [1.54, 1.807) is 31.2 Å². The number of imide groups is 1. The lowest BCUT2D eigenvalue weighted by atomic mass is 9.89. The Kier molecular flexibility index (Phi) is 6.10. The molecule has 1 saturated heterocycles. The molecule has 0 radical (unpaired) electrons. The number of amides is 3. The average molecular weight is 552 g/mol. The minimum atomic E-state index is -4.47. The molecule has 39 heavy (non-hydrogen) atoms. The van der Waals surface area contributed by atoms with Gasteiger partial charge < -0.3 is 9.47 Å². The third-order valence-corrected chi connectivity index (χ3v) is 8.54. The Morgan fingerprint density at radius 1 is 0.872 bits per heavy atom. The van der Waals surface area contributed by atoms with Crippen LogP contribution in [0.2, 0.25) is 0 Å². The van der Waals surface area contributed by atoms with Gasteiger partial charge in [-0.25, -0.2) is 12.7 Å². The van der Waals surface area contributed by atoms with Crippen molar-refractivity contribution in [1.29, 1.82) is 0 Å². The number of β-lactam (4-membered cyclic amide) rings is 1. The van der Waals surface area contributed by atoms with Crippen LogP contribution in [-0.4, -0.2) is 60.5 Å². The van der Waals surface area contributed by atoms with E-state index in [1.807, 2.05) is 0 Å². The zero-order chi connectivity index (χ0) is 28.2. The van der Waals surface area contributed by atoms with Crippen molar-refractivity contribution in [1.82, 2.24) is 9.21 Å². The van der Waals surface area contributed by atoms with Crippen molar-refractivity contribution in [2.45, 2.75) is 23.9 Å². The Hall–Kier alpha value is -4.78. The molecular weight excluding hydrogens is 530 g/mol. The van der Waals surface area contributed by atoms with Gasteiger partial charge in [-0.15, -0.1) is 0 Å². The third-order valence-electron chi connectivity index (χ3n) is 6.75. The van der Waals surface area contributed by atoms with Gasteiger partial charge in [0.25, 0.3) is 33.4 Å². The van der Waals surface area contributed by atoms with Gasteiger partial charge in [0.1, 0.15) is 17.6 Å². The maximum atomic E-state index is 13.7. The molecule has 0 aromatic heterocycles. The molecule has 3 aromatic rings. The lowest BCUT2D eigenvalue weighted by Crippen LogP contribution is -2.67. The number of ether oxygens (including phenoxy) is 2. The second-order valence-corrected chi connectivity index (χ2v) is 10.7. The van der Waals surface area contributed by atoms with Crippen molar-refractivity contribution in [3.05, 3.63) is 93.0 Å². The fourth-order valence-electron chi connectivity index (χ4n) is 4.92. The van der Waals surface area contributed by atoms with Gasteiger partial charge in [-0.1, -0.05) is 35.9 Å². The minimum Gasteiger partial charge on any atom is -0.493 e. The summed E-state index contributed by atoms with van der Waals surface area (Å²) in [4.78, 5) is 51.7. The largest absolute Gasteiger partial charge is 0.493 e. The standard InChI is InChI=1S/C26H21N3O9S/c1-14-10-12-15(13-11-14)39(35,36)28-21(17-7-5-9-19(37-2)23(17)38-3)22(26(28)32)27-24(30)16-6-4-8-18(29(33)34)20(16)25(27)31/h4-13,21-22H,1-3H3. The highest BCUT2D eigenvalue weighted by atomic mass is 32.2. The summed E-state index contributed by atoms with van der Waals surface area (Å²) in [6, 6.07) is 11.0. The number of nitrogens with zero attached hydrogens (tertiary/aromatic N) is 3. The number of benzene rings is 3. The van der Waals surface area contributed by atoms with E-state index in [4.69, 9.17) is 9.47 Å². The molecule has 2 unspecified atom stereocenters. The van der Waals surface area contributed by atoms with E-state index >= 15 is 0 Å². The summed E-state index contributed by atoms with van der Waals surface area (Å²) in [6.45, 7) is 1.77. The molecule has 2 aliphatic rings. The van der Waals surface area contributed by atoms with Crippen molar-refractivity contribution < 1.29 is 37.2 Å². The average Bonchev–Trinajstić information content (AvgIpc) is 3.16. The molecule has 12 nitrogen and oxygen atoms in total. The van der Waals surface area contributed by atoms with Crippen LogP contribution in [0.3, 0.4) is 0 Å². The number of rotatable bonds is 7. The number of nitro groups is 1. The van der Waals surface area contributed by atoms with Crippen molar-refractivity contribution in [2.75, 3.05) is 14.2 Å². The second-order valence-electron chi connectivity index (χ2n) is 8.86. The van der Waals surface area contributed by atoms with Crippen LogP contribution in [0, 0.1) is 17.0 Å². The van der Waals surface area contributed by atoms with Crippen LogP contribution in [0.5, 0.6) is 11.5 Å². The number of fused-ring (bicyclic) bond motifs is 1. The monoisotopic (exact) mass is 551 g/mol. The van der Waals surface area contributed by atoms with Crippen LogP contribution in [-0.2, 0) is 14.8 Å². The number of sulfonamides is 1. The first kappa shape index (κ1) is 25.9. The summed E-state index contributed by atoms with van der Waals surface area (Å²) >= 11 is 0. The summed E-state index contributed by atoms with van der Waals surface area (Å²) < 4.78 is 38.8. The summed E-state index contributed by atoms with van der Waals surface area (Å²) in [6.07, 6.45) is 0. The molecule has 5 rings (SSSR count). The lowest BCUT2D eigenvalue weighted by molar-refractivity contribution is -0.385. The predicted octanol–water partition coefficient (Wildman–Crippen LogP) is 2.86. The first-order valence-electron chi connectivity index (χ1n) is 11.6. The first-order chi connectivity index (χ1) is 18.5. The number of carbonyl (C=O) groups excluding carboxylic acids is 3. The SMILES string of the molecule is COc1cccc(C2C(N3C(=O)c4cccc([N+](=O)[O-])c4C3=O)C(=O)N2S(=O)(=O)c2ccc(C)cc2)c1OC. The fourth-order valence-corrected chi connectivity index (χ4v) is 6.50. The molecule has 13 heteroatoms. The first-order valence-corrected chi connectivity index (χ1v) is 13.0. The summed E-state index contributed by atoms with van der Waals surface area (Å²) in [7, 11) is -1.78. The maximum Gasteiger partial charge on any atom is 0.282 e. The van der Waals surface area contributed by atoms with Gasteiger partial charge in [0.15, 0.2) is 11.5 Å². The molecule has 0 aliphatic carbocycles. The molecule has 200 valence electrons. The molecule has 2 atom stereocenters. The van der Waals surface area contributed by atoms with E-state index in [1.165, 1.54) is 44.6 Å². The summed E-state index contributed by atoms with van der Waals surface area (Å²) in [5.41, 5.74) is -0.363. The van der Waals surface area contributed by atoms with Crippen LogP contribution >= 0.6 is 0 Å². The zero-order valence-corrected chi connectivity index (χ0v) is 21.7. The molecule has 0 saturated carbocycles. The number of aryl methyl sites for hydroxylation is 1. The van der Waals surface area contributed by atoms with Gasteiger partial charge in [0, 0.05) is 11.6 Å². The highest BCUT2D eigenvalue weighted by molar-refractivity contribution is 7.89. The number of para-hydroxylation sites is 1. The van der Waals surface area contributed by atoms with E-state index in [-0.39, 0.29) is 27.5 Å². The van der Waals surface area contributed by atoms with Gasteiger partial charge >= 0.3 is 0 Å². The van der Waals surface area contributed by atoms with Gasteiger partial charge in [-0.3, -0.25) is 29.4 Å². The molecule has 0 N–H and O–H groups in total. The molecule has 2 heterocycles. The van der Waals surface area contributed by atoms with Gasteiger partial charge in [-0.05, 0) is 31.2 Å². The van der Waals surface area contributed by atoms with E-state index < -0.39 is 56.0 Å². The van der Waals surface area contributed by atoms with Crippen molar-refractivity contribution in [3.8, 4) is 11.5 Å².